The second-order valence-electron chi connectivity index (χ2n) is 6.51. The van der Waals surface area contributed by atoms with Crippen LogP contribution in [0, 0.1) is 5.41 Å². The minimum absolute atomic E-state index is 0.0194. The zero-order valence-electron chi connectivity index (χ0n) is 11.9. The highest BCUT2D eigenvalue weighted by molar-refractivity contribution is 6.63. The van der Waals surface area contributed by atoms with E-state index in [1.807, 2.05) is 12.1 Å². The Morgan fingerprint density at radius 1 is 1.30 bits per heavy atom. The fourth-order valence-corrected chi connectivity index (χ4v) is 2.64. The Kier molecular flexibility index (Phi) is 3.34. The Morgan fingerprint density at radius 2 is 1.95 bits per heavy atom. The largest absolute Gasteiger partial charge is 0.495 e. The summed E-state index contributed by atoms with van der Waals surface area (Å²) in [5.74, 6) is -0.453. The van der Waals surface area contributed by atoms with Crippen LogP contribution in [0.5, 0.6) is 0 Å². The van der Waals surface area contributed by atoms with Crippen molar-refractivity contribution in [2.45, 2.75) is 32.6 Å². The summed E-state index contributed by atoms with van der Waals surface area (Å²) in [6, 6.07) is 5.45. The van der Waals surface area contributed by atoms with Gasteiger partial charge in [0, 0.05) is 24.1 Å². The highest BCUT2D eigenvalue weighted by Crippen LogP contribution is 2.40. The van der Waals surface area contributed by atoms with Gasteiger partial charge in [0.1, 0.15) is 0 Å². The van der Waals surface area contributed by atoms with Gasteiger partial charge in [-0.25, -0.2) is 4.79 Å². The van der Waals surface area contributed by atoms with Crippen LogP contribution in [0.15, 0.2) is 18.2 Å². The van der Waals surface area contributed by atoms with E-state index in [1.54, 1.807) is 6.07 Å². The number of carboxylic acids is 1. The highest BCUT2D eigenvalue weighted by atomic mass is 16.6. The minimum Gasteiger partial charge on any atom is -0.478 e. The second kappa shape index (κ2) is 4.90. The van der Waals surface area contributed by atoms with E-state index in [0.29, 0.717) is 24.7 Å². The molecule has 106 valence electrons. The maximum Gasteiger partial charge on any atom is 0.495 e. The fraction of sp³-hybridized carbons (Fsp3) is 0.533. The maximum atomic E-state index is 11.5. The Balaban J connectivity index is 1.96. The molecule has 0 aromatic heterocycles. The Morgan fingerprint density at radius 3 is 2.50 bits per heavy atom. The number of hydrogen-bond acceptors (Lipinski definition) is 3. The number of benzene rings is 1. The molecule has 1 saturated carbocycles. The first-order valence-electron chi connectivity index (χ1n) is 7.07. The lowest BCUT2D eigenvalue weighted by Gasteiger charge is -2.34. The van der Waals surface area contributed by atoms with E-state index in [2.05, 4.69) is 13.8 Å². The molecular weight excluding hydrogens is 255 g/mol. The standard InChI is InChI=1S/C15H19BO4/c1-15(2)8-19-16(20-9-15)13-11(10-6-7-10)4-3-5-12(13)14(17)18/h3-5,10H,6-9H2,1-2H3,(H,17,18). The van der Waals surface area contributed by atoms with Gasteiger partial charge in [0.25, 0.3) is 0 Å². The predicted molar refractivity (Wildman–Crippen MR) is 76.4 cm³/mol. The van der Waals surface area contributed by atoms with Crippen LogP contribution in [0.4, 0.5) is 0 Å². The molecule has 2 fully saturated rings. The van der Waals surface area contributed by atoms with Gasteiger partial charge in [-0.05, 0) is 30.4 Å². The Labute approximate surface area is 119 Å². The number of rotatable bonds is 3. The van der Waals surface area contributed by atoms with Crippen LogP contribution in [-0.4, -0.2) is 31.4 Å². The van der Waals surface area contributed by atoms with Crippen LogP contribution < -0.4 is 5.46 Å². The molecule has 1 aliphatic carbocycles. The van der Waals surface area contributed by atoms with Crippen LogP contribution in [0.3, 0.4) is 0 Å². The molecule has 0 atom stereocenters. The summed E-state index contributed by atoms with van der Waals surface area (Å²) < 4.78 is 11.6. The van der Waals surface area contributed by atoms with Gasteiger partial charge >= 0.3 is 13.1 Å². The van der Waals surface area contributed by atoms with Gasteiger partial charge in [0.15, 0.2) is 0 Å². The van der Waals surface area contributed by atoms with Crippen molar-refractivity contribution >= 4 is 18.6 Å². The van der Waals surface area contributed by atoms with Gasteiger partial charge in [0.2, 0.25) is 0 Å². The lowest BCUT2D eigenvalue weighted by atomic mass is 9.70. The summed E-state index contributed by atoms with van der Waals surface area (Å²) in [5, 5.41) is 9.41. The van der Waals surface area contributed by atoms with Gasteiger partial charge < -0.3 is 14.4 Å². The quantitative estimate of drug-likeness (QED) is 0.857. The number of aromatic carboxylic acids is 1. The Hall–Kier alpha value is -1.33. The van der Waals surface area contributed by atoms with E-state index < -0.39 is 13.1 Å². The molecule has 1 aliphatic heterocycles. The third-order valence-corrected chi connectivity index (χ3v) is 3.87. The van der Waals surface area contributed by atoms with Crippen LogP contribution in [-0.2, 0) is 9.31 Å². The lowest BCUT2D eigenvalue weighted by molar-refractivity contribution is 0.0340. The fourth-order valence-electron chi connectivity index (χ4n) is 2.64. The Bertz CT molecular complexity index is 527. The molecule has 1 aromatic rings. The van der Waals surface area contributed by atoms with E-state index in [4.69, 9.17) is 9.31 Å². The zero-order chi connectivity index (χ0) is 14.3. The number of carboxylic acid groups (broad SMARTS) is 1. The topological polar surface area (TPSA) is 55.8 Å². The SMILES string of the molecule is CC1(C)COB(c2c(C(=O)O)cccc2C2CC2)OC1. The summed E-state index contributed by atoms with van der Waals surface area (Å²) in [6.07, 6.45) is 2.24. The van der Waals surface area contributed by atoms with Gasteiger partial charge in [-0.1, -0.05) is 26.0 Å². The van der Waals surface area contributed by atoms with Crippen LogP contribution >= 0.6 is 0 Å². The molecule has 1 saturated heterocycles. The summed E-state index contributed by atoms with van der Waals surface area (Å²) in [6.45, 7) is 5.31. The molecule has 4 nitrogen and oxygen atoms in total. The van der Waals surface area contributed by atoms with Crippen molar-refractivity contribution in [3.05, 3.63) is 29.3 Å². The van der Waals surface area contributed by atoms with E-state index >= 15 is 0 Å². The van der Waals surface area contributed by atoms with Crippen molar-refractivity contribution in [1.82, 2.24) is 0 Å². The maximum absolute atomic E-state index is 11.5. The van der Waals surface area contributed by atoms with E-state index in [0.717, 1.165) is 23.9 Å². The van der Waals surface area contributed by atoms with Crippen molar-refractivity contribution in [3.63, 3.8) is 0 Å². The van der Waals surface area contributed by atoms with Crippen LogP contribution in [0.25, 0.3) is 0 Å². The average molecular weight is 274 g/mol. The van der Waals surface area contributed by atoms with E-state index in [1.165, 1.54) is 0 Å². The molecule has 0 amide bonds. The molecule has 20 heavy (non-hydrogen) atoms. The molecule has 0 bridgehead atoms. The zero-order valence-corrected chi connectivity index (χ0v) is 11.9. The molecule has 0 radical (unpaired) electrons. The monoisotopic (exact) mass is 274 g/mol. The molecule has 2 aliphatic rings. The molecular formula is C15H19BO4. The first kappa shape index (κ1) is 13.6. The van der Waals surface area contributed by atoms with Crippen molar-refractivity contribution in [2.24, 2.45) is 5.41 Å². The van der Waals surface area contributed by atoms with Crippen LogP contribution in [0.1, 0.15) is 48.5 Å². The number of carbonyl (C=O) groups is 1. The average Bonchev–Trinajstić information content (AvgIpc) is 3.22. The first-order valence-corrected chi connectivity index (χ1v) is 7.07. The summed E-state index contributed by atoms with van der Waals surface area (Å²) in [4.78, 5) is 11.5. The molecule has 0 spiro atoms. The van der Waals surface area contributed by atoms with Gasteiger partial charge in [0.05, 0.1) is 5.56 Å². The molecule has 3 rings (SSSR count). The summed E-state index contributed by atoms with van der Waals surface area (Å²) in [5.41, 5.74) is 2.08. The lowest BCUT2D eigenvalue weighted by Crippen LogP contribution is -2.50. The van der Waals surface area contributed by atoms with Gasteiger partial charge in [-0.15, -0.1) is 0 Å². The smallest absolute Gasteiger partial charge is 0.478 e. The molecule has 5 heteroatoms. The van der Waals surface area contributed by atoms with Crippen LogP contribution in [0.2, 0.25) is 0 Å². The van der Waals surface area contributed by atoms with Crippen molar-refractivity contribution in [3.8, 4) is 0 Å². The van der Waals surface area contributed by atoms with Gasteiger partial charge in [-0.2, -0.15) is 0 Å². The van der Waals surface area contributed by atoms with Gasteiger partial charge in [-0.3, -0.25) is 0 Å². The van der Waals surface area contributed by atoms with Crippen molar-refractivity contribution in [2.75, 3.05) is 13.2 Å². The van der Waals surface area contributed by atoms with E-state index in [9.17, 15) is 9.90 Å². The van der Waals surface area contributed by atoms with Crippen molar-refractivity contribution in [1.29, 1.82) is 0 Å². The van der Waals surface area contributed by atoms with E-state index in [-0.39, 0.29) is 5.41 Å². The number of hydrogen-bond donors (Lipinski definition) is 1. The highest BCUT2D eigenvalue weighted by Gasteiger charge is 2.39. The summed E-state index contributed by atoms with van der Waals surface area (Å²) >= 11 is 0. The third kappa shape index (κ3) is 2.60. The normalized spacial score (nSPS) is 21.8. The summed E-state index contributed by atoms with van der Waals surface area (Å²) in [7, 11) is -0.550. The second-order valence-corrected chi connectivity index (χ2v) is 6.51. The predicted octanol–water partition coefficient (Wildman–Crippen LogP) is 2.03. The molecule has 0 unspecified atom stereocenters. The first-order chi connectivity index (χ1) is 9.48. The third-order valence-electron chi connectivity index (χ3n) is 3.87. The van der Waals surface area contributed by atoms with Crippen molar-refractivity contribution < 1.29 is 19.2 Å². The molecule has 1 N–H and O–H groups in total. The molecule has 1 heterocycles. The minimum atomic E-state index is -0.917. The molecule has 1 aromatic carbocycles.